The molecule has 1 N–H and O–H groups in total. The first kappa shape index (κ1) is 17.5. The first-order valence-corrected chi connectivity index (χ1v) is 7.35. The van der Waals surface area contributed by atoms with Crippen molar-refractivity contribution >= 4 is 29.7 Å². The SMILES string of the molecule is COC(=O)COc1ccccc1/C=N\NC(=O)c1ccc(Cl)cc1. The Balaban J connectivity index is 1.99. The maximum absolute atomic E-state index is 11.9. The molecule has 2 rings (SSSR count). The third kappa shape index (κ3) is 5.10. The van der Waals surface area contributed by atoms with Crippen molar-refractivity contribution < 1.29 is 19.1 Å². The highest BCUT2D eigenvalue weighted by molar-refractivity contribution is 6.30. The first-order chi connectivity index (χ1) is 11.6. The summed E-state index contributed by atoms with van der Waals surface area (Å²) in [6.45, 7) is -0.210. The van der Waals surface area contributed by atoms with Crippen LogP contribution in [-0.2, 0) is 9.53 Å². The van der Waals surface area contributed by atoms with E-state index in [1.54, 1.807) is 48.5 Å². The van der Waals surface area contributed by atoms with Crippen molar-refractivity contribution in [2.24, 2.45) is 5.10 Å². The molecule has 0 fully saturated rings. The number of hydrogen-bond acceptors (Lipinski definition) is 5. The van der Waals surface area contributed by atoms with E-state index in [9.17, 15) is 9.59 Å². The molecule has 1 amide bonds. The minimum atomic E-state index is -0.488. The molecule has 0 aliphatic carbocycles. The molecule has 0 aliphatic heterocycles. The van der Waals surface area contributed by atoms with Gasteiger partial charge in [0.15, 0.2) is 6.61 Å². The smallest absolute Gasteiger partial charge is 0.343 e. The Labute approximate surface area is 144 Å². The number of carbonyl (C=O) groups excluding carboxylic acids is 2. The van der Waals surface area contributed by atoms with Gasteiger partial charge in [-0.2, -0.15) is 5.10 Å². The summed E-state index contributed by atoms with van der Waals surface area (Å²) in [5.41, 5.74) is 3.46. The van der Waals surface area contributed by atoms with Crippen molar-refractivity contribution in [3.05, 3.63) is 64.7 Å². The van der Waals surface area contributed by atoms with Gasteiger partial charge >= 0.3 is 5.97 Å². The molecular weight excluding hydrogens is 332 g/mol. The Morgan fingerprint density at radius 3 is 2.58 bits per heavy atom. The van der Waals surface area contributed by atoms with Crippen LogP contribution in [0, 0.1) is 0 Å². The fourth-order valence-corrected chi connectivity index (χ4v) is 1.87. The standard InChI is InChI=1S/C17H15ClN2O4/c1-23-16(21)11-24-15-5-3-2-4-13(15)10-19-20-17(22)12-6-8-14(18)9-7-12/h2-10H,11H2,1H3,(H,20,22)/b19-10-. The molecule has 0 bridgehead atoms. The number of nitrogens with one attached hydrogen (secondary N) is 1. The Morgan fingerprint density at radius 1 is 1.17 bits per heavy atom. The van der Waals surface area contributed by atoms with Crippen LogP contribution in [0.3, 0.4) is 0 Å². The van der Waals surface area contributed by atoms with Crippen LogP contribution in [0.4, 0.5) is 0 Å². The van der Waals surface area contributed by atoms with Crippen LogP contribution < -0.4 is 10.2 Å². The molecule has 0 atom stereocenters. The number of benzene rings is 2. The van der Waals surface area contributed by atoms with Gasteiger partial charge in [-0.3, -0.25) is 4.79 Å². The van der Waals surface area contributed by atoms with Gasteiger partial charge in [0.05, 0.1) is 13.3 Å². The molecule has 0 aromatic heterocycles. The molecule has 0 saturated heterocycles. The van der Waals surface area contributed by atoms with Gasteiger partial charge in [0.1, 0.15) is 5.75 Å². The van der Waals surface area contributed by atoms with Gasteiger partial charge in [0.25, 0.3) is 5.91 Å². The van der Waals surface area contributed by atoms with Crippen molar-refractivity contribution in [3.8, 4) is 5.75 Å². The number of rotatable bonds is 6. The van der Waals surface area contributed by atoms with Crippen LogP contribution in [0.25, 0.3) is 0 Å². The van der Waals surface area contributed by atoms with E-state index in [0.717, 1.165) is 0 Å². The molecule has 0 unspecified atom stereocenters. The third-order valence-electron chi connectivity index (χ3n) is 2.97. The average molecular weight is 347 g/mol. The molecular formula is C17H15ClN2O4. The lowest BCUT2D eigenvalue weighted by molar-refractivity contribution is -0.142. The number of methoxy groups -OCH3 is 1. The minimum absolute atomic E-state index is 0.210. The van der Waals surface area contributed by atoms with E-state index in [2.05, 4.69) is 15.3 Å². The molecule has 0 aliphatic rings. The number of hydrogen-bond donors (Lipinski definition) is 1. The van der Waals surface area contributed by atoms with Gasteiger partial charge in [-0.15, -0.1) is 0 Å². The minimum Gasteiger partial charge on any atom is -0.481 e. The largest absolute Gasteiger partial charge is 0.481 e. The second kappa shape index (κ2) is 8.69. The number of amides is 1. The van der Waals surface area contributed by atoms with Crippen LogP contribution in [0.15, 0.2) is 53.6 Å². The number of hydrazone groups is 1. The zero-order valence-electron chi connectivity index (χ0n) is 12.9. The monoisotopic (exact) mass is 346 g/mol. The summed E-state index contributed by atoms with van der Waals surface area (Å²) in [6, 6.07) is 13.4. The Morgan fingerprint density at radius 2 is 1.88 bits per heavy atom. The summed E-state index contributed by atoms with van der Waals surface area (Å²) < 4.78 is 9.87. The number of nitrogens with zero attached hydrogens (tertiary/aromatic N) is 1. The average Bonchev–Trinajstić information content (AvgIpc) is 2.61. The van der Waals surface area contributed by atoms with Gasteiger partial charge in [-0.25, -0.2) is 10.2 Å². The van der Waals surface area contributed by atoms with E-state index in [-0.39, 0.29) is 12.5 Å². The Kier molecular flexibility index (Phi) is 6.33. The highest BCUT2D eigenvalue weighted by atomic mass is 35.5. The molecule has 7 heteroatoms. The second-order valence-electron chi connectivity index (χ2n) is 4.61. The summed E-state index contributed by atoms with van der Waals surface area (Å²) in [5, 5.41) is 4.44. The molecule has 0 saturated carbocycles. The fourth-order valence-electron chi connectivity index (χ4n) is 1.74. The Bertz CT molecular complexity index is 745. The third-order valence-corrected chi connectivity index (χ3v) is 3.22. The molecule has 2 aromatic carbocycles. The number of carbonyl (C=O) groups is 2. The van der Waals surface area contributed by atoms with Crippen LogP contribution in [0.2, 0.25) is 5.02 Å². The lowest BCUT2D eigenvalue weighted by atomic mass is 10.2. The Hall–Kier alpha value is -2.86. The lowest BCUT2D eigenvalue weighted by Crippen LogP contribution is -2.17. The van der Waals surface area contributed by atoms with Crippen LogP contribution >= 0.6 is 11.6 Å². The van der Waals surface area contributed by atoms with Gasteiger partial charge < -0.3 is 9.47 Å². The van der Waals surface area contributed by atoms with Gasteiger partial charge in [0.2, 0.25) is 0 Å². The predicted molar refractivity (Wildman–Crippen MR) is 90.5 cm³/mol. The predicted octanol–water partition coefficient (Wildman–Crippen LogP) is 2.66. The molecule has 0 radical (unpaired) electrons. The fraction of sp³-hybridized carbons (Fsp3) is 0.118. The van der Waals surface area contributed by atoms with Crippen molar-refractivity contribution in [2.45, 2.75) is 0 Å². The van der Waals surface area contributed by atoms with E-state index in [4.69, 9.17) is 16.3 Å². The van der Waals surface area contributed by atoms with Gasteiger partial charge in [0, 0.05) is 16.1 Å². The topological polar surface area (TPSA) is 77.0 Å². The van der Waals surface area contributed by atoms with Crippen molar-refractivity contribution in [1.29, 1.82) is 0 Å². The summed E-state index contributed by atoms with van der Waals surface area (Å²) >= 11 is 5.77. The summed E-state index contributed by atoms with van der Waals surface area (Å²) in [4.78, 5) is 23.1. The van der Waals surface area contributed by atoms with Crippen LogP contribution in [0.5, 0.6) is 5.75 Å². The second-order valence-corrected chi connectivity index (χ2v) is 5.05. The summed E-state index contributed by atoms with van der Waals surface area (Å²) in [6.07, 6.45) is 1.43. The van der Waals surface area contributed by atoms with E-state index < -0.39 is 5.97 Å². The van der Waals surface area contributed by atoms with Crippen LogP contribution in [-0.4, -0.2) is 31.8 Å². The first-order valence-electron chi connectivity index (χ1n) is 6.98. The zero-order chi connectivity index (χ0) is 17.4. The van der Waals surface area contributed by atoms with E-state index in [0.29, 0.717) is 21.9 Å². The summed E-state index contributed by atoms with van der Waals surface area (Å²) in [5.74, 6) is -0.402. The number of para-hydroxylation sites is 1. The van der Waals surface area contributed by atoms with Gasteiger partial charge in [-0.05, 0) is 36.4 Å². The zero-order valence-corrected chi connectivity index (χ0v) is 13.6. The molecule has 2 aromatic rings. The van der Waals surface area contributed by atoms with Crippen molar-refractivity contribution in [1.82, 2.24) is 5.43 Å². The quantitative estimate of drug-likeness (QED) is 0.495. The summed E-state index contributed by atoms with van der Waals surface area (Å²) in [7, 11) is 1.28. The number of esters is 1. The lowest BCUT2D eigenvalue weighted by Gasteiger charge is -2.07. The van der Waals surface area contributed by atoms with E-state index >= 15 is 0 Å². The van der Waals surface area contributed by atoms with Gasteiger partial charge in [-0.1, -0.05) is 23.7 Å². The number of ether oxygens (including phenoxy) is 2. The normalized spacial score (nSPS) is 10.4. The van der Waals surface area contributed by atoms with E-state index in [1.165, 1.54) is 13.3 Å². The molecule has 0 spiro atoms. The van der Waals surface area contributed by atoms with Crippen molar-refractivity contribution in [2.75, 3.05) is 13.7 Å². The molecule has 6 nitrogen and oxygen atoms in total. The maximum atomic E-state index is 11.9. The van der Waals surface area contributed by atoms with E-state index in [1.807, 2.05) is 0 Å². The number of halogens is 1. The highest BCUT2D eigenvalue weighted by Crippen LogP contribution is 2.15. The van der Waals surface area contributed by atoms with Crippen LogP contribution in [0.1, 0.15) is 15.9 Å². The highest BCUT2D eigenvalue weighted by Gasteiger charge is 2.06. The van der Waals surface area contributed by atoms with Crippen molar-refractivity contribution in [3.63, 3.8) is 0 Å². The molecule has 124 valence electrons. The maximum Gasteiger partial charge on any atom is 0.343 e. The molecule has 0 heterocycles. The molecule has 24 heavy (non-hydrogen) atoms.